The Kier molecular flexibility index (Phi) is 8.02. The third-order valence-electron chi connectivity index (χ3n) is 6.48. The molecule has 0 bridgehead atoms. The monoisotopic (exact) mass is 533 g/mol. The fourth-order valence-corrected chi connectivity index (χ4v) is 4.44. The van der Waals surface area contributed by atoms with E-state index < -0.39 is 23.7 Å². The number of carbonyl (C=O) groups excluding carboxylic acids is 2. The predicted octanol–water partition coefficient (Wildman–Crippen LogP) is 6.21. The minimum absolute atomic E-state index is 0.0618. The number of esters is 1. The molecule has 0 aliphatic carbocycles. The highest BCUT2D eigenvalue weighted by Crippen LogP contribution is 2.33. The molecule has 0 aliphatic rings. The van der Waals surface area contributed by atoms with Gasteiger partial charge in [0.2, 0.25) is 0 Å². The molecule has 40 heavy (non-hydrogen) atoms. The zero-order chi connectivity index (χ0) is 27.9. The molecule has 0 fully saturated rings. The van der Waals surface area contributed by atoms with E-state index in [2.05, 4.69) is 5.32 Å². The van der Waals surface area contributed by atoms with Gasteiger partial charge in [-0.15, -0.1) is 0 Å². The Balaban J connectivity index is 1.39. The topological polar surface area (TPSA) is 94.8 Å². The molecule has 7 heteroatoms. The predicted molar refractivity (Wildman–Crippen MR) is 152 cm³/mol. The third kappa shape index (κ3) is 6.27. The Bertz CT molecular complexity index is 1680. The zero-order valence-electron chi connectivity index (χ0n) is 21.8. The summed E-state index contributed by atoms with van der Waals surface area (Å²) in [6, 6.07) is 31.9. The molecule has 1 aromatic heterocycles. The molecular weight excluding hydrogens is 506 g/mol. The smallest absolute Gasteiger partial charge is 0.408 e. The summed E-state index contributed by atoms with van der Waals surface area (Å²) in [6.45, 7) is 1.78. The van der Waals surface area contributed by atoms with E-state index in [0.717, 1.165) is 22.3 Å². The van der Waals surface area contributed by atoms with Crippen LogP contribution in [-0.4, -0.2) is 18.1 Å². The lowest BCUT2D eigenvalue weighted by Gasteiger charge is -2.19. The second kappa shape index (κ2) is 12.1. The minimum atomic E-state index is -1.02. The van der Waals surface area contributed by atoms with Gasteiger partial charge in [0.15, 0.2) is 0 Å². The van der Waals surface area contributed by atoms with Crippen LogP contribution in [-0.2, 0) is 22.6 Å². The largest absolute Gasteiger partial charge is 0.445 e. The Morgan fingerprint density at radius 1 is 0.825 bits per heavy atom. The van der Waals surface area contributed by atoms with E-state index in [1.165, 1.54) is 6.07 Å². The normalized spacial score (nSPS) is 11.5. The maximum absolute atomic E-state index is 13.4. The number of rotatable bonds is 8. The van der Waals surface area contributed by atoms with Crippen molar-refractivity contribution in [2.45, 2.75) is 26.0 Å². The van der Waals surface area contributed by atoms with Crippen molar-refractivity contribution in [2.75, 3.05) is 0 Å². The van der Waals surface area contributed by atoms with Crippen molar-refractivity contribution in [1.82, 2.24) is 5.32 Å². The summed E-state index contributed by atoms with van der Waals surface area (Å²) >= 11 is 0. The lowest BCUT2D eigenvalue weighted by molar-refractivity contribution is -0.136. The number of carbonyl (C=O) groups is 2. The van der Waals surface area contributed by atoms with E-state index in [4.69, 9.17) is 13.9 Å². The van der Waals surface area contributed by atoms with Crippen molar-refractivity contribution < 1.29 is 23.5 Å². The number of hydrogen-bond acceptors (Lipinski definition) is 6. The molecule has 4 aromatic carbocycles. The van der Waals surface area contributed by atoms with Gasteiger partial charge in [0.25, 0.3) is 0 Å². The van der Waals surface area contributed by atoms with E-state index in [-0.39, 0.29) is 18.8 Å². The molecule has 0 saturated heterocycles. The van der Waals surface area contributed by atoms with Gasteiger partial charge in [0.1, 0.15) is 24.0 Å². The van der Waals surface area contributed by atoms with E-state index in [1.54, 1.807) is 19.1 Å². The Morgan fingerprint density at radius 2 is 1.45 bits per heavy atom. The van der Waals surface area contributed by atoms with Gasteiger partial charge in [-0.2, -0.15) is 0 Å². The molecule has 5 aromatic rings. The summed E-state index contributed by atoms with van der Waals surface area (Å²) in [5, 5.41) is 3.36. The average molecular weight is 534 g/mol. The van der Waals surface area contributed by atoms with Crippen molar-refractivity contribution >= 4 is 23.0 Å². The van der Waals surface area contributed by atoms with Crippen LogP contribution in [0.5, 0.6) is 5.75 Å². The second-order valence-electron chi connectivity index (χ2n) is 9.28. The molecule has 1 atom stereocenters. The Labute approximate surface area is 231 Å². The quantitative estimate of drug-likeness (QED) is 0.145. The van der Waals surface area contributed by atoms with E-state index >= 15 is 0 Å². The van der Waals surface area contributed by atoms with Crippen LogP contribution >= 0.6 is 0 Å². The third-order valence-corrected chi connectivity index (χ3v) is 6.48. The van der Waals surface area contributed by atoms with Crippen LogP contribution < -0.4 is 15.7 Å². The molecule has 1 N–H and O–H groups in total. The van der Waals surface area contributed by atoms with Gasteiger partial charge in [0, 0.05) is 23.4 Å². The molecule has 1 amide bonds. The maximum Gasteiger partial charge on any atom is 0.408 e. The molecule has 1 heterocycles. The van der Waals surface area contributed by atoms with Crippen molar-refractivity contribution in [2.24, 2.45) is 0 Å². The van der Waals surface area contributed by atoms with Crippen molar-refractivity contribution in [3.05, 3.63) is 136 Å². The van der Waals surface area contributed by atoms with Gasteiger partial charge in [0.05, 0.1) is 0 Å². The molecule has 0 spiro atoms. The zero-order valence-corrected chi connectivity index (χ0v) is 21.8. The van der Waals surface area contributed by atoms with Crippen molar-refractivity contribution in [1.29, 1.82) is 0 Å². The molecule has 0 saturated carbocycles. The van der Waals surface area contributed by atoms with Crippen LogP contribution in [0.1, 0.15) is 16.7 Å². The maximum atomic E-state index is 13.4. The summed E-state index contributed by atoms with van der Waals surface area (Å²) in [7, 11) is 0. The lowest BCUT2D eigenvalue weighted by Crippen LogP contribution is -2.44. The highest BCUT2D eigenvalue weighted by Gasteiger charge is 2.25. The molecule has 5 rings (SSSR count). The van der Waals surface area contributed by atoms with Crippen molar-refractivity contribution in [3.63, 3.8) is 0 Å². The fourth-order valence-electron chi connectivity index (χ4n) is 4.44. The van der Waals surface area contributed by atoms with Gasteiger partial charge < -0.3 is 19.2 Å². The first kappa shape index (κ1) is 26.4. The van der Waals surface area contributed by atoms with E-state index in [1.807, 2.05) is 91.0 Å². The van der Waals surface area contributed by atoms with E-state index in [0.29, 0.717) is 16.5 Å². The molecule has 0 aliphatic heterocycles. The number of nitrogens with one attached hydrogen (secondary N) is 1. The van der Waals surface area contributed by atoms with Gasteiger partial charge >= 0.3 is 17.7 Å². The average Bonchev–Trinajstić information content (AvgIpc) is 2.98. The molecule has 200 valence electrons. The van der Waals surface area contributed by atoms with Gasteiger partial charge in [-0.3, -0.25) is 0 Å². The first-order valence-corrected chi connectivity index (χ1v) is 12.8. The number of alkyl carbamates (subject to hydrolysis) is 1. The highest BCUT2D eigenvalue weighted by molar-refractivity contribution is 5.96. The number of benzene rings is 4. The van der Waals surface area contributed by atoms with Gasteiger partial charge in [-0.25, -0.2) is 14.4 Å². The van der Waals surface area contributed by atoms with Gasteiger partial charge in [-0.05, 0) is 41.3 Å². The minimum Gasteiger partial charge on any atom is -0.445 e. The summed E-state index contributed by atoms with van der Waals surface area (Å²) in [5.41, 5.74) is 3.55. The van der Waals surface area contributed by atoms with Crippen molar-refractivity contribution in [3.8, 4) is 16.9 Å². The fraction of sp³-hybridized carbons (Fsp3) is 0.121. The molecule has 0 unspecified atom stereocenters. The van der Waals surface area contributed by atoms with Crippen LogP contribution in [0.25, 0.3) is 22.1 Å². The van der Waals surface area contributed by atoms with Crippen LogP contribution in [0.2, 0.25) is 0 Å². The SMILES string of the molecule is Cc1c(OC(=O)[C@H](Cc2ccccc2)NC(=O)OCc2ccccc2)ccc2c(-c3ccccc3)cc(=O)oc12. The van der Waals surface area contributed by atoms with Crippen LogP contribution in [0, 0.1) is 6.92 Å². The Morgan fingerprint density at radius 3 is 2.12 bits per heavy atom. The number of ether oxygens (including phenoxy) is 2. The Hall–Kier alpha value is -5.17. The first-order chi connectivity index (χ1) is 19.5. The summed E-state index contributed by atoms with van der Waals surface area (Å²) in [5.74, 6) is -0.451. The first-order valence-electron chi connectivity index (χ1n) is 12.8. The standard InChI is InChI=1S/C33H27NO6/c1-22-29(18-17-26-27(20-30(35)40-31(22)26)25-15-9-4-10-16-25)39-32(36)28(19-23-11-5-2-6-12-23)34-33(37)38-21-24-13-7-3-8-14-24/h2-18,20,28H,19,21H2,1H3,(H,34,37)/t28-/m0/s1. The summed E-state index contributed by atoms with van der Waals surface area (Å²) < 4.78 is 16.6. The summed E-state index contributed by atoms with van der Waals surface area (Å²) in [4.78, 5) is 38.4. The number of amides is 1. The second-order valence-corrected chi connectivity index (χ2v) is 9.28. The van der Waals surface area contributed by atoms with Crippen LogP contribution in [0.3, 0.4) is 0 Å². The molecule has 7 nitrogen and oxygen atoms in total. The lowest BCUT2D eigenvalue weighted by atomic mass is 10.00. The number of fused-ring (bicyclic) bond motifs is 1. The highest BCUT2D eigenvalue weighted by atomic mass is 16.6. The summed E-state index contributed by atoms with van der Waals surface area (Å²) in [6.07, 6.45) is -0.546. The number of hydrogen-bond donors (Lipinski definition) is 1. The number of aryl methyl sites for hydroxylation is 1. The molecular formula is C33H27NO6. The van der Waals surface area contributed by atoms with Crippen LogP contribution in [0.4, 0.5) is 4.79 Å². The van der Waals surface area contributed by atoms with E-state index in [9.17, 15) is 14.4 Å². The molecule has 0 radical (unpaired) electrons. The van der Waals surface area contributed by atoms with Crippen LogP contribution in [0.15, 0.2) is 118 Å². The van der Waals surface area contributed by atoms with Gasteiger partial charge in [-0.1, -0.05) is 91.0 Å².